The minimum atomic E-state index is -0.250. The van der Waals surface area contributed by atoms with Gasteiger partial charge in [-0.3, -0.25) is 4.79 Å². The third kappa shape index (κ3) is 4.96. The van der Waals surface area contributed by atoms with Gasteiger partial charge in [0, 0.05) is 5.69 Å². The molecule has 0 saturated heterocycles. The van der Waals surface area contributed by atoms with Crippen molar-refractivity contribution in [2.45, 2.75) is 6.92 Å². The van der Waals surface area contributed by atoms with Crippen LogP contribution in [-0.4, -0.2) is 11.6 Å². The first-order valence-corrected chi connectivity index (χ1v) is 3.10. The fourth-order valence-electron chi connectivity index (χ4n) is 0.670. The number of hydrogen-bond acceptors (Lipinski definition) is 2. The van der Waals surface area contributed by atoms with Gasteiger partial charge < -0.3 is 10.8 Å². The zero-order valence-corrected chi connectivity index (χ0v) is 6.32. The second kappa shape index (κ2) is 5.29. The molecule has 0 saturated carbocycles. The largest absolute Gasteiger partial charge is 0.483 e. The molecule has 0 amide bonds. The fourth-order valence-corrected chi connectivity index (χ4v) is 0.670. The van der Waals surface area contributed by atoms with E-state index in [9.17, 15) is 0 Å². The van der Waals surface area contributed by atoms with Gasteiger partial charge in [-0.1, -0.05) is 12.1 Å². The molecule has 0 spiro atoms. The second-order valence-electron chi connectivity index (χ2n) is 2.02. The zero-order valence-electron chi connectivity index (χ0n) is 6.32. The molecular formula is C8H11NO2. The Morgan fingerprint density at radius 2 is 2.09 bits per heavy atom. The fraction of sp³-hybridized carbons (Fsp3) is 0.125. The number of nitrogens with two attached hydrogens (primary N) is 1. The highest BCUT2D eigenvalue weighted by molar-refractivity contribution is 5.39. The van der Waals surface area contributed by atoms with E-state index in [1.54, 1.807) is 0 Å². The maximum atomic E-state index is 8.36. The molecular weight excluding hydrogens is 142 g/mol. The van der Waals surface area contributed by atoms with Crippen LogP contribution < -0.4 is 5.73 Å². The third-order valence-electron chi connectivity index (χ3n) is 1.04. The molecule has 0 heterocycles. The Kier molecular flexibility index (Phi) is 4.56. The Labute approximate surface area is 65.5 Å². The summed E-state index contributed by atoms with van der Waals surface area (Å²) in [7, 11) is 0. The van der Waals surface area contributed by atoms with E-state index in [0.717, 1.165) is 5.69 Å². The molecule has 0 aliphatic heterocycles. The molecule has 0 aliphatic rings. The molecule has 3 heteroatoms. The smallest absolute Gasteiger partial charge is 0.290 e. The van der Waals surface area contributed by atoms with Crippen LogP contribution in [0.3, 0.4) is 0 Å². The van der Waals surface area contributed by atoms with E-state index in [4.69, 9.17) is 15.6 Å². The summed E-state index contributed by atoms with van der Waals surface area (Å²) < 4.78 is 0. The van der Waals surface area contributed by atoms with Gasteiger partial charge in [-0.25, -0.2) is 0 Å². The number of carboxylic acid groups (broad SMARTS) is 1. The third-order valence-corrected chi connectivity index (χ3v) is 1.04. The normalized spacial score (nSPS) is 7.73. The van der Waals surface area contributed by atoms with Gasteiger partial charge in [0.1, 0.15) is 0 Å². The molecule has 0 aromatic heterocycles. The van der Waals surface area contributed by atoms with Crippen LogP contribution in [0.15, 0.2) is 24.3 Å². The molecule has 0 radical (unpaired) electrons. The van der Waals surface area contributed by atoms with E-state index < -0.39 is 0 Å². The van der Waals surface area contributed by atoms with Gasteiger partial charge >= 0.3 is 0 Å². The van der Waals surface area contributed by atoms with Crippen molar-refractivity contribution in [1.82, 2.24) is 0 Å². The van der Waals surface area contributed by atoms with Crippen LogP contribution in [-0.2, 0) is 4.79 Å². The Morgan fingerprint density at radius 3 is 2.36 bits per heavy atom. The lowest BCUT2D eigenvalue weighted by Crippen LogP contribution is -1.82. The van der Waals surface area contributed by atoms with Crippen LogP contribution in [0.1, 0.15) is 5.56 Å². The molecule has 1 aromatic rings. The van der Waals surface area contributed by atoms with Crippen molar-refractivity contribution in [3.05, 3.63) is 29.8 Å². The minimum Gasteiger partial charge on any atom is -0.483 e. The quantitative estimate of drug-likeness (QED) is 0.436. The highest BCUT2D eigenvalue weighted by Crippen LogP contribution is 2.03. The highest BCUT2D eigenvalue weighted by atomic mass is 16.3. The van der Waals surface area contributed by atoms with Crippen LogP contribution in [0.2, 0.25) is 0 Å². The van der Waals surface area contributed by atoms with Gasteiger partial charge in [-0.05, 0) is 24.6 Å². The summed E-state index contributed by atoms with van der Waals surface area (Å²) in [6, 6.07) is 7.80. The van der Waals surface area contributed by atoms with Crippen molar-refractivity contribution in [3.63, 3.8) is 0 Å². The molecule has 0 atom stereocenters. The molecule has 0 fully saturated rings. The van der Waals surface area contributed by atoms with Gasteiger partial charge in [0.05, 0.1) is 0 Å². The van der Waals surface area contributed by atoms with Crippen LogP contribution in [0.4, 0.5) is 5.69 Å². The average molecular weight is 153 g/mol. The van der Waals surface area contributed by atoms with E-state index in [2.05, 4.69) is 0 Å². The molecule has 1 rings (SSSR count). The van der Waals surface area contributed by atoms with Gasteiger partial charge in [-0.2, -0.15) is 0 Å². The summed E-state index contributed by atoms with van der Waals surface area (Å²) in [5.74, 6) is 0. The topological polar surface area (TPSA) is 63.3 Å². The number of anilines is 1. The molecule has 3 N–H and O–H groups in total. The summed E-state index contributed by atoms with van der Waals surface area (Å²) in [5, 5.41) is 6.89. The first-order valence-electron chi connectivity index (χ1n) is 3.10. The molecule has 0 aliphatic carbocycles. The zero-order chi connectivity index (χ0) is 8.69. The van der Waals surface area contributed by atoms with E-state index in [0.29, 0.717) is 0 Å². The average Bonchev–Trinajstić information content (AvgIpc) is 1.88. The molecule has 60 valence electrons. The van der Waals surface area contributed by atoms with E-state index in [-0.39, 0.29) is 6.47 Å². The molecule has 1 aromatic carbocycles. The number of carbonyl (C=O) groups is 1. The van der Waals surface area contributed by atoms with Crippen molar-refractivity contribution in [1.29, 1.82) is 0 Å². The van der Waals surface area contributed by atoms with Gasteiger partial charge in [0.2, 0.25) is 0 Å². The predicted octanol–water partition coefficient (Wildman–Crippen LogP) is 1.28. The van der Waals surface area contributed by atoms with Crippen molar-refractivity contribution in [3.8, 4) is 0 Å². The van der Waals surface area contributed by atoms with Crippen LogP contribution >= 0.6 is 0 Å². The van der Waals surface area contributed by atoms with Crippen molar-refractivity contribution < 1.29 is 9.90 Å². The highest BCUT2D eigenvalue weighted by Gasteiger charge is 1.81. The number of rotatable bonds is 0. The Balaban J connectivity index is 0.000000292. The van der Waals surface area contributed by atoms with Crippen molar-refractivity contribution in [2.75, 3.05) is 5.73 Å². The molecule has 0 unspecified atom stereocenters. The lowest BCUT2D eigenvalue weighted by Gasteiger charge is -1.91. The van der Waals surface area contributed by atoms with Crippen LogP contribution in [0.25, 0.3) is 0 Å². The number of aryl methyl sites for hydroxylation is 1. The second-order valence-corrected chi connectivity index (χ2v) is 2.02. The molecule has 11 heavy (non-hydrogen) atoms. The summed E-state index contributed by atoms with van der Waals surface area (Å²) in [4.78, 5) is 8.36. The van der Waals surface area contributed by atoms with Gasteiger partial charge in [0.15, 0.2) is 0 Å². The Hall–Kier alpha value is -1.51. The summed E-state index contributed by atoms with van der Waals surface area (Å²) >= 11 is 0. The predicted molar refractivity (Wildman–Crippen MR) is 44.3 cm³/mol. The monoisotopic (exact) mass is 153 g/mol. The molecule has 0 bridgehead atoms. The first kappa shape index (κ1) is 9.49. The van der Waals surface area contributed by atoms with E-state index in [1.165, 1.54) is 5.56 Å². The SMILES string of the molecule is Cc1cccc(N)c1.O=CO. The van der Waals surface area contributed by atoms with Crippen LogP contribution in [0, 0.1) is 6.92 Å². The number of nitrogen functional groups attached to an aromatic ring is 1. The standard InChI is InChI=1S/C7H9N.CH2O2/c1-6-3-2-4-7(8)5-6;2-1-3/h2-5H,8H2,1H3;1H,(H,2,3). The van der Waals surface area contributed by atoms with Crippen molar-refractivity contribution in [2.24, 2.45) is 0 Å². The lowest BCUT2D eigenvalue weighted by molar-refractivity contribution is -0.122. The maximum Gasteiger partial charge on any atom is 0.290 e. The Morgan fingerprint density at radius 1 is 1.55 bits per heavy atom. The number of hydrogen-bond donors (Lipinski definition) is 2. The van der Waals surface area contributed by atoms with Gasteiger partial charge in [-0.15, -0.1) is 0 Å². The minimum absolute atomic E-state index is 0.250. The van der Waals surface area contributed by atoms with E-state index >= 15 is 0 Å². The first-order chi connectivity index (χ1) is 5.20. The van der Waals surface area contributed by atoms with Crippen molar-refractivity contribution >= 4 is 12.2 Å². The van der Waals surface area contributed by atoms with Crippen LogP contribution in [0.5, 0.6) is 0 Å². The Bertz CT molecular complexity index is 206. The summed E-state index contributed by atoms with van der Waals surface area (Å²) in [6.07, 6.45) is 0. The number of benzene rings is 1. The van der Waals surface area contributed by atoms with Gasteiger partial charge in [0.25, 0.3) is 6.47 Å². The van der Waals surface area contributed by atoms with E-state index in [1.807, 2.05) is 31.2 Å². The summed E-state index contributed by atoms with van der Waals surface area (Å²) in [5.41, 5.74) is 7.51. The maximum absolute atomic E-state index is 8.36. The summed E-state index contributed by atoms with van der Waals surface area (Å²) in [6.45, 7) is 1.77. The lowest BCUT2D eigenvalue weighted by atomic mass is 10.2. The molecule has 3 nitrogen and oxygen atoms in total.